The van der Waals surface area contributed by atoms with Crippen LogP contribution >= 0.6 is 0 Å². The second-order valence-electron chi connectivity index (χ2n) is 4.23. The Kier molecular flexibility index (Phi) is 5.23. The fourth-order valence-corrected chi connectivity index (χ4v) is 1.37. The van der Waals surface area contributed by atoms with E-state index in [0.29, 0.717) is 5.41 Å². The second kappa shape index (κ2) is 5.36. The Balaban J connectivity index is 4.05. The van der Waals surface area contributed by atoms with Crippen LogP contribution in [0.1, 0.15) is 40.5 Å². The minimum atomic E-state index is 0.350. The van der Waals surface area contributed by atoms with Crippen LogP contribution in [0.3, 0.4) is 0 Å². The van der Waals surface area contributed by atoms with Crippen molar-refractivity contribution in [2.45, 2.75) is 40.5 Å². The van der Waals surface area contributed by atoms with Gasteiger partial charge in [-0.2, -0.15) is 0 Å². The lowest BCUT2D eigenvalue weighted by molar-refractivity contribution is 0.485. The Morgan fingerprint density at radius 1 is 1.33 bits per heavy atom. The lowest BCUT2D eigenvalue weighted by atomic mass is 9.84. The molecule has 0 aromatic carbocycles. The third kappa shape index (κ3) is 4.55. The minimum absolute atomic E-state index is 0.350. The fraction of sp³-hybridized carbons (Fsp3) is 0.818. The standard InChI is InChI=1S/C11H23N/c1-6-10(11(2,3)4)8-7-9-12-5/h8,12H,6-7,9H2,1-5H3/b10-8+. The van der Waals surface area contributed by atoms with Crippen LogP contribution in [0, 0.1) is 5.41 Å². The third-order valence-electron chi connectivity index (χ3n) is 2.13. The van der Waals surface area contributed by atoms with Gasteiger partial charge in [-0.1, -0.05) is 39.3 Å². The number of nitrogens with one attached hydrogen (secondary N) is 1. The number of hydrogen-bond donors (Lipinski definition) is 1. The van der Waals surface area contributed by atoms with Gasteiger partial charge in [0.2, 0.25) is 0 Å². The molecule has 0 amide bonds. The summed E-state index contributed by atoms with van der Waals surface area (Å²) in [5, 5.41) is 3.15. The van der Waals surface area contributed by atoms with E-state index in [4.69, 9.17) is 0 Å². The van der Waals surface area contributed by atoms with E-state index in [1.54, 1.807) is 5.57 Å². The van der Waals surface area contributed by atoms with Crippen molar-refractivity contribution in [3.8, 4) is 0 Å². The molecular formula is C11H23N. The number of hydrogen-bond acceptors (Lipinski definition) is 1. The minimum Gasteiger partial charge on any atom is -0.319 e. The molecule has 12 heavy (non-hydrogen) atoms. The summed E-state index contributed by atoms with van der Waals surface area (Å²) < 4.78 is 0. The molecule has 0 aliphatic carbocycles. The third-order valence-corrected chi connectivity index (χ3v) is 2.13. The molecule has 0 rings (SSSR count). The molecule has 0 spiro atoms. The van der Waals surface area contributed by atoms with Gasteiger partial charge in [0.25, 0.3) is 0 Å². The highest BCUT2D eigenvalue weighted by atomic mass is 14.8. The largest absolute Gasteiger partial charge is 0.319 e. The summed E-state index contributed by atoms with van der Waals surface area (Å²) in [6.07, 6.45) is 4.70. The van der Waals surface area contributed by atoms with Crippen molar-refractivity contribution in [3.05, 3.63) is 11.6 Å². The molecule has 0 radical (unpaired) electrons. The maximum atomic E-state index is 3.15. The first-order chi connectivity index (χ1) is 5.52. The highest BCUT2D eigenvalue weighted by Gasteiger charge is 2.13. The van der Waals surface area contributed by atoms with Crippen LogP contribution in [-0.4, -0.2) is 13.6 Å². The predicted octanol–water partition coefficient (Wildman–Crippen LogP) is 2.98. The quantitative estimate of drug-likeness (QED) is 0.504. The molecule has 1 nitrogen and oxygen atoms in total. The van der Waals surface area contributed by atoms with Gasteiger partial charge in [-0.3, -0.25) is 0 Å². The summed E-state index contributed by atoms with van der Waals surface area (Å²) >= 11 is 0. The van der Waals surface area contributed by atoms with Gasteiger partial charge in [-0.05, 0) is 31.8 Å². The van der Waals surface area contributed by atoms with E-state index in [1.165, 1.54) is 6.42 Å². The van der Waals surface area contributed by atoms with Crippen LogP contribution in [0.4, 0.5) is 0 Å². The Bertz CT molecular complexity index is 140. The number of rotatable bonds is 4. The molecule has 0 bridgehead atoms. The summed E-state index contributed by atoms with van der Waals surface area (Å²) in [6.45, 7) is 10.2. The summed E-state index contributed by atoms with van der Waals surface area (Å²) in [4.78, 5) is 0. The zero-order valence-corrected chi connectivity index (χ0v) is 9.20. The van der Waals surface area contributed by atoms with Gasteiger partial charge >= 0.3 is 0 Å². The van der Waals surface area contributed by atoms with Gasteiger partial charge in [-0.15, -0.1) is 0 Å². The van der Waals surface area contributed by atoms with Crippen molar-refractivity contribution in [1.29, 1.82) is 0 Å². The predicted molar refractivity (Wildman–Crippen MR) is 56.4 cm³/mol. The van der Waals surface area contributed by atoms with Crippen molar-refractivity contribution < 1.29 is 0 Å². The molecule has 1 N–H and O–H groups in total. The summed E-state index contributed by atoms with van der Waals surface area (Å²) in [5.41, 5.74) is 1.92. The van der Waals surface area contributed by atoms with Gasteiger partial charge < -0.3 is 5.32 Å². The number of allylic oxidation sites excluding steroid dienone is 1. The van der Waals surface area contributed by atoms with Crippen molar-refractivity contribution in [3.63, 3.8) is 0 Å². The first-order valence-corrected chi connectivity index (χ1v) is 4.86. The van der Waals surface area contributed by atoms with Crippen molar-refractivity contribution in [2.75, 3.05) is 13.6 Å². The average Bonchev–Trinajstić information content (AvgIpc) is 1.95. The molecule has 0 saturated heterocycles. The smallest absolute Gasteiger partial charge is 0.00172 e. The van der Waals surface area contributed by atoms with Gasteiger partial charge in [-0.25, -0.2) is 0 Å². The van der Waals surface area contributed by atoms with Crippen LogP contribution in [0.25, 0.3) is 0 Å². The first kappa shape index (κ1) is 11.7. The second-order valence-corrected chi connectivity index (χ2v) is 4.23. The van der Waals surface area contributed by atoms with Crippen LogP contribution in [0.5, 0.6) is 0 Å². The normalized spacial score (nSPS) is 13.6. The maximum absolute atomic E-state index is 3.15. The van der Waals surface area contributed by atoms with Crippen LogP contribution in [0.2, 0.25) is 0 Å². The van der Waals surface area contributed by atoms with Gasteiger partial charge in [0.1, 0.15) is 0 Å². The Labute approximate surface area is 77.2 Å². The monoisotopic (exact) mass is 169 g/mol. The molecule has 1 heteroatoms. The lowest BCUT2D eigenvalue weighted by Gasteiger charge is -2.22. The van der Waals surface area contributed by atoms with Gasteiger partial charge in [0.15, 0.2) is 0 Å². The molecule has 0 aliphatic heterocycles. The molecule has 0 aromatic heterocycles. The van der Waals surface area contributed by atoms with Crippen LogP contribution in [0.15, 0.2) is 11.6 Å². The van der Waals surface area contributed by atoms with Crippen molar-refractivity contribution >= 4 is 0 Å². The van der Waals surface area contributed by atoms with Gasteiger partial charge in [0.05, 0.1) is 0 Å². The SMILES string of the molecule is CC/C(=C\CCNC)C(C)(C)C. The summed E-state index contributed by atoms with van der Waals surface area (Å²) in [6, 6.07) is 0. The van der Waals surface area contributed by atoms with Crippen molar-refractivity contribution in [2.24, 2.45) is 5.41 Å². The lowest BCUT2D eigenvalue weighted by Crippen LogP contribution is -2.11. The Morgan fingerprint density at radius 2 is 1.92 bits per heavy atom. The molecular weight excluding hydrogens is 146 g/mol. The summed E-state index contributed by atoms with van der Waals surface area (Å²) in [7, 11) is 2.00. The van der Waals surface area contributed by atoms with Crippen LogP contribution in [-0.2, 0) is 0 Å². The molecule has 0 atom stereocenters. The Hall–Kier alpha value is -0.300. The zero-order chi connectivity index (χ0) is 9.61. The van der Waals surface area contributed by atoms with E-state index < -0.39 is 0 Å². The summed E-state index contributed by atoms with van der Waals surface area (Å²) in [5.74, 6) is 0. The molecule has 0 aromatic rings. The van der Waals surface area contributed by atoms with Gasteiger partial charge in [0, 0.05) is 0 Å². The molecule has 0 fully saturated rings. The van der Waals surface area contributed by atoms with E-state index >= 15 is 0 Å². The molecule has 0 aliphatic rings. The first-order valence-electron chi connectivity index (χ1n) is 4.86. The molecule has 72 valence electrons. The van der Waals surface area contributed by atoms with E-state index in [0.717, 1.165) is 13.0 Å². The topological polar surface area (TPSA) is 12.0 Å². The highest BCUT2D eigenvalue weighted by molar-refractivity contribution is 5.10. The molecule has 0 heterocycles. The van der Waals surface area contributed by atoms with E-state index in [1.807, 2.05) is 7.05 Å². The van der Waals surface area contributed by atoms with E-state index in [-0.39, 0.29) is 0 Å². The fourth-order valence-electron chi connectivity index (χ4n) is 1.37. The van der Waals surface area contributed by atoms with Crippen molar-refractivity contribution in [1.82, 2.24) is 5.32 Å². The van der Waals surface area contributed by atoms with Crippen LogP contribution < -0.4 is 5.32 Å². The Morgan fingerprint density at radius 3 is 2.25 bits per heavy atom. The zero-order valence-electron chi connectivity index (χ0n) is 9.20. The van der Waals surface area contributed by atoms with E-state index in [2.05, 4.69) is 39.1 Å². The molecule has 0 unspecified atom stereocenters. The molecule has 0 saturated carbocycles. The maximum Gasteiger partial charge on any atom is -0.00172 e. The highest BCUT2D eigenvalue weighted by Crippen LogP contribution is 2.27. The average molecular weight is 169 g/mol. The van der Waals surface area contributed by atoms with E-state index in [9.17, 15) is 0 Å².